The number of aryl methyl sites for hydroxylation is 1. The lowest BCUT2D eigenvalue weighted by Gasteiger charge is -1.99. The molecule has 0 spiro atoms. The van der Waals surface area contributed by atoms with E-state index in [4.69, 9.17) is 9.26 Å². The van der Waals surface area contributed by atoms with Gasteiger partial charge in [0.25, 0.3) is 0 Å². The zero-order valence-electron chi connectivity index (χ0n) is 11.4. The molecule has 0 saturated heterocycles. The minimum absolute atomic E-state index is 0. The molecule has 2 rings (SSSR count). The van der Waals surface area contributed by atoms with Crippen molar-refractivity contribution in [3.05, 3.63) is 35.5 Å². The number of nitrogens with one attached hydrogen (secondary N) is 1. The van der Waals surface area contributed by atoms with Gasteiger partial charge in [-0.05, 0) is 30.7 Å². The fourth-order valence-electron chi connectivity index (χ4n) is 1.60. The maximum atomic E-state index is 13.2. The van der Waals surface area contributed by atoms with E-state index in [0.717, 1.165) is 5.56 Å². The van der Waals surface area contributed by atoms with Crippen LogP contribution < -0.4 is 5.32 Å². The highest BCUT2D eigenvalue weighted by Gasteiger charge is 2.09. The summed E-state index contributed by atoms with van der Waals surface area (Å²) >= 11 is 0. The molecule has 0 radical (unpaired) electrons. The molecule has 7 heteroatoms. The first-order chi connectivity index (χ1) is 9.20. The van der Waals surface area contributed by atoms with Crippen molar-refractivity contribution in [3.8, 4) is 11.4 Å². The summed E-state index contributed by atoms with van der Waals surface area (Å²) in [5.41, 5.74) is 1.30. The van der Waals surface area contributed by atoms with Crippen LogP contribution in [0.3, 0.4) is 0 Å². The Morgan fingerprint density at radius 2 is 2.20 bits per heavy atom. The minimum Gasteiger partial charge on any atom is -0.383 e. The standard InChI is InChI=1S/C13H16FN3O2.ClH/c1-9-7-10(3-4-11(9)14)13-16-12(19-17-13)8-15-5-6-18-2;/h3-4,7,15H,5-6,8H2,1-2H3;1H. The summed E-state index contributed by atoms with van der Waals surface area (Å²) in [5, 5.41) is 6.98. The van der Waals surface area contributed by atoms with E-state index in [-0.39, 0.29) is 18.2 Å². The molecule has 2 aromatic rings. The second-order valence-electron chi connectivity index (χ2n) is 4.15. The summed E-state index contributed by atoms with van der Waals surface area (Å²) in [6.07, 6.45) is 0. The van der Waals surface area contributed by atoms with Gasteiger partial charge in [-0.3, -0.25) is 0 Å². The van der Waals surface area contributed by atoms with Gasteiger partial charge in [-0.15, -0.1) is 12.4 Å². The van der Waals surface area contributed by atoms with Crippen molar-refractivity contribution < 1.29 is 13.7 Å². The lowest BCUT2D eigenvalue weighted by atomic mass is 10.1. The van der Waals surface area contributed by atoms with Gasteiger partial charge in [-0.2, -0.15) is 4.98 Å². The van der Waals surface area contributed by atoms with Gasteiger partial charge < -0.3 is 14.6 Å². The van der Waals surface area contributed by atoms with Gasteiger partial charge in [0.05, 0.1) is 13.2 Å². The van der Waals surface area contributed by atoms with Crippen LogP contribution in [0.1, 0.15) is 11.5 Å². The molecule has 0 aliphatic carbocycles. The Bertz CT molecular complexity index is 548. The quantitative estimate of drug-likeness (QED) is 0.830. The van der Waals surface area contributed by atoms with Gasteiger partial charge in [0.1, 0.15) is 5.82 Å². The largest absolute Gasteiger partial charge is 0.383 e. The van der Waals surface area contributed by atoms with E-state index < -0.39 is 0 Å². The van der Waals surface area contributed by atoms with Gasteiger partial charge in [0.2, 0.25) is 11.7 Å². The second-order valence-corrected chi connectivity index (χ2v) is 4.15. The Kier molecular flexibility index (Phi) is 6.57. The Balaban J connectivity index is 0.00000200. The molecule has 0 unspecified atom stereocenters. The fraction of sp³-hybridized carbons (Fsp3) is 0.385. The number of halogens is 2. The summed E-state index contributed by atoms with van der Waals surface area (Å²) in [7, 11) is 1.64. The van der Waals surface area contributed by atoms with E-state index in [0.29, 0.717) is 37.0 Å². The molecule has 0 amide bonds. The van der Waals surface area contributed by atoms with Crippen LogP contribution in [0.4, 0.5) is 4.39 Å². The van der Waals surface area contributed by atoms with E-state index in [9.17, 15) is 4.39 Å². The van der Waals surface area contributed by atoms with Gasteiger partial charge >= 0.3 is 0 Å². The van der Waals surface area contributed by atoms with Gasteiger partial charge in [0.15, 0.2) is 0 Å². The van der Waals surface area contributed by atoms with Gasteiger partial charge in [0, 0.05) is 19.2 Å². The van der Waals surface area contributed by atoms with E-state index in [1.807, 2.05) is 0 Å². The predicted molar refractivity (Wildman–Crippen MR) is 75.3 cm³/mol. The molecular weight excluding hydrogens is 285 g/mol. The van der Waals surface area contributed by atoms with Crippen molar-refractivity contribution in [1.29, 1.82) is 0 Å². The molecule has 1 aromatic carbocycles. The molecule has 0 saturated carbocycles. The highest BCUT2D eigenvalue weighted by atomic mass is 35.5. The van der Waals surface area contributed by atoms with Crippen molar-refractivity contribution in [1.82, 2.24) is 15.5 Å². The summed E-state index contributed by atoms with van der Waals surface area (Å²) in [6, 6.07) is 4.73. The molecule has 1 aromatic heterocycles. The topological polar surface area (TPSA) is 60.2 Å². The number of hydrogen-bond donors (Lipinski definition) is 1. The third kappa shape index (κ3) is 4.26. The maximum Gasteiger partial charge on any atom is 0.240 e. The number of hydrogen-bond acceptors (Lipinski definition) is 5. The molecular formula is C13H17ClFN3O2. The predicted octanol–water partition coefficient (Wildman–Crippen LogP) is 2.34. The fourth-order valence-corrected chi connectivity index (χ4v) is 1.60. The Labute approximate surface area is 122 Å². The third-order valence-corrected chi connectivity index (χ3v) is 2.64. The molecule has 0 atom stereocenters. The smallest absolute Gasteiger partial charge is 0.240 e. The first-order valence-corrected chi connectivity index (χ1v) is 5.99. The van der Waals surface area contributed by atoms with E-state index in [1.54, 1.807) is 26.2 Å². The average Bonchev–Trinajstić information content (AvgIpc) is 2.87. The molecule has 0 fully saturated rings. The van der Waals surface area contributed by atoms with Gasteiger partial charge in [-0.25, -0.2) is 4.39 Å². The van der Waals surface area contributed by atoms with Crippen molar-refractivity contribution in [2.45, 2.75) is 13.5 Å². The maximum absolute atomic E-state index is 13.2. The number of benzene rings is 1. The normalized spacial score (nSPS) is 10.3. The summed E-state index contributed by atoms with van der Waals surface area (Å²) in [5.74, 6) is 0.716. The average molecular weight is 302 g/mol. The van der Waals surface area contributed by atoms with Crippen LogP contribution in [0.5, 0.6) is 0 Å². The highest BCUT2D eigenvalue weighted by molar-refractivity contribution is 5.85. The molecule has 20 heavy (non-hydrogen) atoms. The van der Waals surface area contributed by atoms with Crippen molar-refractivity contribution >= 4 is 12.4 Å². The van der Waals surface area contributed by atoms with Crippen molar-refractivity contribution in [2.24, 2.45) is 0 Å². The van der Waals surface area contributed by atoms with Crippen LogP contribution in [0.2, 0.25) is 0 Å². The Morgan fingerprint density at radius 1 is 1.40 bits per heavy atom. The highest BCUT2D eigenvalue weighted by Crippen LogP contribution is 2.18. The molecule has 0 aliphatic rings. The monoisotopic (exact) mass is 301 g/mol. The summed E-state index contributed by atoms with van der Waals surface area (Å²) < 4.78 is 23.2. The minimum atomic E-state index is -0.242. The third-order valence-electron chi connectivity index (χ3n) is 2.64. The SMILES string of the molecule is COCCNCc1nc(-c2ccc(F)c(C)c2)no1.Cl. The molecule has 1 heterocycles. The molecule has 5 nitrogen and oxygen atoms in total. The molecule has 1 N–H and O–H groups in total. The molecule has 110 valence electrons. The number of aromatic nitrogens is 2. The van der Waals surface area contributed by atoms with Crippen LogP contribution >= 0.6 is 12.4 Å². The number of rotatable bonds is 6. The van der Waals surface area contributed by atoms with Gasteiger partial charge in [-0.1, -0.05) is 5.16 Å². The van der Waals surface area contributed by atoms with Crippen LogP contribution in [0.25, 0.3) is 11.4 Å². The number of methoxy groups -OCH3 is 1. The Hall–Kier alpha value is -1.50. The van der Waals surface area contributed by atoms with Crippen LogP contribution in [0, 0.1) is 12.7 Å². The second kappa shape index (κ2) is 7.94. The van der Waals surface area contributed by atoms with Crippen LogP contribution in [0.15, 0.2) is 22.7 Å². The lowest BCUT2D eigenvalue weighted by Crippen LogP contribution is -2.18. The van der Waals surface area contributed by atoms with E-state index >= 15 is 0 Å². The number of nitrogens with zero attached hydrogens (tertiary/aromatic N) is 2. The number of ether oxygens (including phenoxy) is 1. The van der Waals surface area contributed by atoms with Crippen molar-refractivity contribution in [2.75, 3.05) is 20.3 Å². The van der Waals surface area contributed by atoms with Crippen molar-refractivity contribution in [3.63, 3.8) is 0 Å². The molecule has 0 aliphatic heterocycles. The zero-order valence-corrected chi connectivity index (χ0v) is 12.2. The summed E-state index contributed by atoms with van der Waals surface area (Å²) in [6.45, 7) is 3.52. The first kappa shape index (κ1) is 16.6. The Morgan fingerprint density at radius 3 is 2.90 bits per heavy atom. The summed E-state index contributed by atoms with van der Waals surface area (Å²) in [4.78, 5) is 4.25. The zero-order chi connectivity index (χ0) is 13.7. The van der Waals surface area contributed by atoms with Crippen LogP contribution in [-0.2, 0) is 11.3 Å². The van der Waals surface area contributed by atoms with Crippen LogP contribution in [-0.4, -0.2) is 30.4 Å². The first-order valence-electron chi connectivity index (χ1n) is 5.99. The lowest BCUT2D eigenvalue weighted by molar-refractivity contribution is 0.197. The van der Waals surface area contributed by atoms with E-state index in [1.165, 1.54) is 6.07 Å². The molecule has 0 bridgehead atoms. The van der Waals surface area contributed by atoms with E-state index in [2.05, 4.69) is 15.5 Å².